The Morgan fingerprint density at radius 2 is 2.04 bits per heavy atom. The number of nitrogens with one attached hydrogen (secondary N) is 1. The summed E-state index contributed by atoms with van der Waals surface area (Å²) in [5.41, 5.74) is 3.18. The van der Waals surface area contributed by atoms with E-state index in [4.69, 9.17) is 8.94 Å². The van der Waals surface area contributed by atoms with Crippen molar-refractivity contribution >= 4 is 17.0 Å². The molecule has 1 fully saturated rings. The van der Waals surface area contributed by atoms with Crippen LogP contribution in [0.5, 0.6) is 0 Å². The van der Waals surface area contributed by atoms with Gasteiger partial charge in [0.2, 0.25) is 0 Å². The molecular formula is C18H20N4O4. The first kappa shape index (κ1) is 16.6. The van der Waals surface area contributed by atoms with Gasteiger partial charge in [0, 0.05) is 37.3 Å². The molecule has 4 rings (SSSR count). The minimum atomic E-state index is -0.466. The van der Waals surface area contributed by atoms with Crippen LogP contribution in [0.4, 0.5) is 0 Å². The topological polar surface area (TPSA) is 93.5 Å². The van der Waals surface area contributed by atoms with Gasteiger partial charge in [-0.25, -0.2) is 4.79 Å². The summed E-state index contributed by atoms with van der Waals surface area (Å²) in [5.74, 6) is 0.163. The number of aromatic nitrogens is 2. The van der Waals surface area contributed by atoms with Crippen LogP contribution in [0.25, 0.3) is 11.1 Å². The lowest BCUT2D eigenvalue weighted by Gasteiger charge is -2.27. The molecule has 0 atom stereocenters. The zero-order chi connectivity index (χ0) is 18.3. The van der Waals surface area contributed by atoms with Crippen molar-refractivity contribution in [2.24, 2.45) is 0 Å². The molecule has 2 aromatic heterocycles. The normalized spacial score (nSPS) is 14.9. The molecule has 1 aromatic carbocycles. The first-order valence-corrected chi connectivity index (χ1v) is 8.59. The molecule has 0 saturated carbocycles. The smallest absolute Gasteiger partial charge is 0.408 e. The second-order valence-corrected chi connectivity index (χ2v) is 6.48. The highest BCUT2D eigenvalue weighted by Crippen LogP contribution is 2.20. The summed E-state index contributed by atoms with van der Waals surface area (Å²) in [4.78, 5) is 26.7. The van der Waals surface area contributed by atoms with Crippen LogP contribution in [0.2, 0.25) is 0 Å². The van der Waals surface area contributed by atoms with Gasteiger partial charge in [-0.15, -0.1) is 0 Å². The van der Waals surface area contributed by atoms with E-state index < -0.39 is 5.76 Å². The van der Waals surface area contributed by atoms with Crippen LogP contribution in [-0.2, 0) is 6.54 Å². The molecule has 26 heavy (non-hydrogen) atoms. The lowest BCUT2D eigenvalue weighted by Crippen LogP contribution is -2.46. The monoisotopic (exact) mass is 356 g/mol. The Hall–Kier alpha value is -2.87. The molecule has 136 valence electrons. The van der Waals surface area contributed by atoms with Crippen LogP contribution >= 0.6 is 0 Å². The maximum atomic E-state index is 12.6. The molecule has 0 spiro atoms. The second kappa shape index (κ2) is 6.45. The molecule has 1 saturated heterocycles. The standard InChI is InChI=1S/C18H20N4O4/c1-11-14(12(2)26-20-11)10-22-15-4-3-13(9-16(15)25-18(22)24)17(23)21-7-5-19-6-8-21/h3-4,9,19H,5-8,10H2,1-2H3. The zero-order valence-electron chi connectivity index (χ0n) is 14.7. The number of fused-ring (bicyclic) bond motifs is 1. The third kappa shape index (κ3) is 2.82. The SMILES string of the molecule is Cc1noc(C)c1Cn1c(=O)oc2cc(C(=O)N3CCNCC3)ccc21. The number of rotatable bonds is 3. The van der Waals surface area contributed by atoms with Crippen molar-refractivity contribution in [2.75, 3.05) is 26.2 Å². The number of nitrogens with zero attached hydrogens (tertiary/aromatic N) is 3. The Kier molecular flexibility index (Phi) is 4.12. The van der Waals surface area contributed by atoms with Crippen LogP contribution in [-0.4, -0.2) is 46.7 Å². The Labute approximate surface area is 149 Å². The Balaban J connectivity index is 1.68. The summed E-state index contributed by atoms with van der Waals surface area (Å²) in [6, 6.07) is 5.14. The zero-order valence-corrected chi connectivity index (χ0v) is 14.7. The van der Waals surface area contributed by atoms with Crippen molar-refractivity contribution in [3.63, 3.8) is 0 Å². The lowest BCUT2D eigenvalue weighted by atomic mass is 10.1. The highest BCUT2D eigenvalue weighted by molar-refractivity contribution is 5.97. The number of hydrogen-bond donors (Lipinski definition) is 1. The van der Waals surface area contributed by atoms with E-state index in [1.54, 1.807) is 23.1 Å². The van der Waals surface area contributed by atoms with Crippen molar-refractivity contribution in [3.05, 3.63) is 51.3 Å². The van der Waals surface area contributed by atoms with E-state index in [1.807, 2.05) is 13.8 Å². The maximum Gasteiger partial charge on any atom is 0.420 e. The molecule has 1 aliphatic rings. The van der Waals surface area contributed by atoms with Crippen molar-refractivity contribution in [1.29, 1.82) is 0 Å². The predicted molar refractivity (Wildman–Crippen MR) is 94.3 cm³/mol. The average molecular weight is 356 g/mol. The van der Waals surface area contributed by atoms with E-state index >= 15 is 0 Å². The number of aryl methyl sites for hydroxylation is 2. The fourth-order valence-corrected chi connectivity index (χ4v) is 3.29. The fourth-order valence-electron chi connectivity index (χ4n) is 3.29. The molecule has 1 amide bonds. The number of oxazole rings is 1. The summed E-state index contributed by atoms with van der Waals surface area (Å²) in [7, 11) is 0. The number of carbonyl (C=O) groups is 1. The number of benzene rings is 1. The molecule has 0 unspecified atom stereocenters. The van der Waals surface area contributed by atoms with Crippen LogP contribution in [0.3, 0.4) is 0 Å². The molecule has 0 bridgehead atoms. The van der Waals surface area contributed by atoms with Gasteiger partial charge in [-0.1, -0.05) is 5.16 Å². The van der Waals surface area contributed by atoms with Crippen molar-refractivity contribution in [1.82, 2.24) is 19.9 Å². The Bertz CT molecular complexity index is 1000. The van der Waals surface area contributed by atoms with Crippen molar-refractivity contribution < 1.29 is 13.7 Å². The molecule has 1 aliphatic heterocycles. The fraction of sp³-hybridized carbons (Fsp3) is 0.389. The summed E-state index contributed by atoms with van der Waals surface area (Å²) in [5, 5.41) is 7.14. The molecule has 8 heteroatoms. The third-order valence-corrected chi connectivity index (χ3v) is 4.82. The van der Waals surface area contributed by atoms with E-state index in [2.05, 4.69) is 10.5 Å². The van der Waals surface area contributed by atoms with E-state index in [9.17, 15) is 9.59 Å². The van der Waals surface area contributed by atoms with Gasteiger partial charge >= 0.3 is 5.76 Å². The minimum absolute atomic E-state index is 0.0467. The van der Waals surface area contributed by atoms with Crippen LogP contribution in [0.15, 0.2) is 31.9 Å². The molecule has 0 aliphatic carbocycles. The van der Waals surface area contributed by atoms with Crippen LogP contribution in [0.1, 0.15) is 27.4 Å². The lowest BCUT2D eigenvalue weighted by molar-refractivity contribution is 0.0736. The van der Waals surface area contributed by atoms with E-state index in [0.717, 1.165) is 24.3 Å². The van der Waals surface area contributed by atoms with Crippen molar-refractivity contribution in [2.45, 2.75) is 20.4 Å². The van der Waals surface area contributed by atoms with E-state index in [0.29, 0.717) is 42.1 Å². The molecular weight excluding hydrogens is 336 g/mol. The molecule has 8 nitrogen and oxygen atoms in total. The van der Waals surface area contributed by atoms with Crippen molar-refractivity contribution in [3.8, 4) is 0 Å². The summed E-state index contributed by atoms with van der Waals surface area (Å²) in [6.07, 6.45) is 0. The molecule has 0 radical (unpaired) electrons. The number of piperazine rings is 1. The largest absolute Gasteiger partial charge is 0.420 e. The van der Waals surface area contributed by atoms with Crippen LogP contribution < -0.4 is 11.1 Å². The summed E-state index contributed by atoms with van der Waals surface area (Å²) < 4.78 is 12.1. The van der Waals surface area contributed by atoms with Gasteiger partial charge in [0.25, 0.3) is 5.91 Å². The van der Waals surface area contributed by atoms with E-state index in [1.165, 1.54) is 4.57 Å². The molecule has 3 aromatic rings. The highest BCUT2D eigenvalue weighted by atomic mass is 16.5. The quantitative estimate of drug-likeness (QED) is 0.760. The predicted octanol–water partition coefficient (Wildman–Crippen LogP) is 1.29. The minimum Gasteiger partial charge on any atom is -0.408 e. The summed E-state index contributed by atoms with van der Waals surface area (Å²) >= 11 is 0. The van der Waals surface area contributed by atoms with Gasteiger partial charge in [-0.2, -0.15) is 0 Å². The van der Waals surface area contributed by atoms with Gasteiger partial charge in [0.1, 0.15) is 5.76 Å². The van der Waals surface area contributed by atoms with Gasteiger partial charge in [0.15, 0.2) is 5.58 Å². The second-order valence-electron chi connectivity index (χ2n) is 6.48. The van der Waals surface area contributed by atoms with Gasteiger partial charge in [-0.05, 0) is 32.0 Å². The average Bonchev–Trinajstić information content (AvgIpc) is 3.14. The maximum absolute atomic E-state index is 12.6. The Morgan fingerprint density at radius 3 is 2.73 bits per heavy atom. The van der Waals surface area contributed by atoms with Gasteiger partial charge < -0.3 is 19.2 Å². The molecule has 1 N–H and O–H groups in total. The van der Waals surface area contributed by atoms with Gasteiger partial charge in [0.05, 0.1) is 17.8 Å². The summed E-state index contributed by atoms with van der Waals surface area (Å²) in [6.45, 7) is 6.89. The van der Waals surface area contributed by atoms with Crippen LogP contribution in [0, 0.1) is 13.8 Å². The number of amides is 1. The number of carbonyl (C=O) groups excluding carboxylic acids is 1. The third-order valence-electron chi connectivity index (χ3n) is 4.82. The van der Waals surface area contributed by atoms with Gasteiger partial charge in [-0.3, -0.25) is 9.36 Å². The molecule has 3 heterocycles. The number of hydrogen-bond acceptors (Lipinski definition) is 6. The Morgan fingerprint density at radius 1 is 1.27 bits per heavy atom. The highest BCUT2D eigenvalue weighted by Gasteiger charge is 2.20. The first-order valence-electron chi connectivity index (χ1n) is 8.59. The first-order chi connectivity index (χ1) is 12.5. The van der Waals surface area contributed by atoms with E-state index in [-0.39, 0.29) is 5.91 Å².